The summed E-state index contributed by atoms with van der Waals surface area (Å²) in [5.41, 5.74) is 9.53. The molecule has 0 amide bonds. The highest BCUT2D eigenvalue weighted by atomic mass is 35.5. The Hall–Kier alpha value is -3.07. The van der Waals surface area contributed by atoms with Crippen LogP contribution in [0.3, 0.4) is 0 Å². The fraction of sp³-hybridized carbons (Fsp3) is 0.0741. The maximum Gasteiger partial charge on any atom is 0.138 e. The lowest BCUT2D eigenvalue weighted by Crippen LogP contribution is -1.91. The largest absolute Gasteiger partial charge is 0.337 e. The quantitative estimate of drug-likeness (QED) is 0.274. The summed E-state index contributed by atoms with van der Waals surface area (Å²) >= 11 is 12.5. The summed E-state index contributed by atoms with van der Waals surface area (Å²) < 4.78 is 0. The molecular weight excluding hydrogens is 423 g/mol. The Kier molecular flexibility index (Phi) is 5.50. The predicted molar refractivity (Wildman–Crippen MR) is 132 cm³/mol. The normalized spacial score (nSPS) is 11.2. The van der Waals surface area contributed by atoms with Crippen LogP contribution in [0.4, 0.5) is 0 Å². The van der Waals surface area contributed by atoms with Gasteiger partial charge in [-0.15, -0.1) is 23.2 Å². The molecule has 2 nitrogen and oxygen atoms in total. The van der Waals surface area contributed by atoms with Crippen LogP contribution in [0.5, 0.6) is 0 Å². The Morgan fingerprint density at radius 2 is 1.13 bits per heavy atom. The number of hydrogen-bond donors (Lipinski definition) is 1. The second-order valence-corrected chi connectivity index (χ2v) is 7.95. The van der Waals surface area contributed by atoms with Gasteiger partial charge in [0.25, 0.3) is 0 Å². The van der Waals surface area contributed by atoms with Crippen LogP contribution in [0.1, 0.15) is 11.1 Å². The summed E-state index contributed by atoms with van der Waals surface area (Å²) in [5.74, 6) is 1.74. The third-order valence-electron chi connectivity index (χ3n) is 5.60. The van der Waals surface area contributed by atoms with E-state index in [1.807, 2.05) is 42.5 Å². The van der Waals surface area contributed by atoms with E-state index in [-0.39, 0.29) is 0 Å². The molecule has 0 aliphatic heterocycles. The van der Waals surface area contributed by atoms with E-state index in [1.54, 1.807) is 0 Å². The fourth-order valence-electron chi connectivity index (χ4n) is 4.07. The van der Waals surface area contributed by atoms with Crippen molar-refractivity contribution in [3.63, 3.8) is 0 Å². The van der Waals surface area contributed by atoms with Crippen molar-refractivity contribution in [2.24, 2.45) is 0 Å². The van der Waals surface area contributed by atoms with E-state index in [2.05, 4.69) is 53.5 Å². The second kappa shape index (κ2) is 8.58. The van der Waals surface area contributed by atoms with Gasteiger partial charge < -0.3 is 4.98 Å². The van der Waals surface area contributed by atoms with E-state index in [1.165, 1.54) is 0 Å². The van der Waals surface area contributed by atoms with E-state index in [9.17, 15) is 0 Å². The number of nitrogens with zero attached hydrogens (tertiary/aromatic N) is 1. The number of hydrogen-bond acceptors (Lipinski definition) is 1. The number of halogens is 2. The standard InChI is InChI=1S/C27H20Cl2N2/c28-16-19-10-4-6-12-21(19)23-14-15-24(22-13-7-5-11-20(22)17-29)26-25(23)30-27(31-26)18-8-2-1-3-9-18/h1-15H,16-17H2,(H,30,31). The van der Waals surface area contributed by atoms with Crippen LogP contribution in [0.2, 0.25) is 0 Å². The van der Waals surface area contributed by atoms with Crippen molar-refractivity contribution in [1.82, 2.24) is 9.97 Å². The van der Waals surface area contributed by atoms with Crippen molar-refractivity contribution >= 4 is 34.2 Å². The van der Waals surface area contributed by atoms with E-state index in [4.69, 9.17) is 28.2 Å². The number of fused-ring (bicyclic) bond motifs is 1. The molecule has 1 N–H and O–H groups in total. The zero-order valence-corrected chi connectivity index (χ0v) is 18.3. The fourth-order valence-corrected chi connectivity index (χ4v) is 4.53. The number of rotatable bonds is 5. The van der Waals surface area contributed by atoms with Gasteiger partial charge in [-0.3, -0.25) is 0 Å². The average molecular weight is 443 g/mol. The molecule has 4 heteroatoms. The highest BCUT2D eigenvalue weighted by Gasteiger charge is 2.17. The monoisotopic (exact) mass is 442 g/mol. The highest BCUT2D eigenvalue weighted by Crippen LogP contribution is 2.38. The van der Waals surface area contributed by atoms with Gasteiger partial charge in [0.05, 0.1) is 11.0 Å². The van der Waals surface area contributed by atoms with E-state index in [0.717, 1.165) is 55.8 Å². The number of H-pyrrole nitrogens is 1. The molecule has 152 valence electrons. The topological polar surface area (TPSA) is 28.7 Å². The molecule has 0 radical (unpaired) electrons. The number of benzene rings is 4. The molecule has 4 aromatic carbocycles. The number of imidazole rings is 1. The Morgan fingerprint density at radius 3 is 1.77 bits per heavy atom. The van der Waals surface area contributed by atoms with Gasteiger partial charge in [-0.1, -0.05) is 91.0 Å². The lowest BCUT2D eigenvalue weighted by molar-refractivity contribution is 1.33. The van der Waals surface area contributed by atoms with Crippen LogP contribution in [-0.4, -0.2) is 9.97 Å². The minimum Gasteiger partial charge on any atom is -0.337 e. The number of aromatic nitrogens is 2. The molecule has 0 aliphatic rings. The van der Waals surface area contributed by atoms with Gasteiger partial charge in [0.2, 0.25) is 0 Å². The summed E-state index contributed by atoms with van der Waals surface area (Å²) in [6, 6.07) is 31.0. The average Bonchev–Trinajstić information content (AvgIpc) is 3.29. The molecule has 0 aliphatic carbocycles. The Labute approximate surface area is 191 Å². The van der Waals surface area contributed by atoms with Crippen molar-refractivity contribution in [3.8, 4) is 33.6 Å². The smallest absolute Gasteiger partial charge is 0.138 e. The summed E-state index contributed by atoms with van der Waals surface area (Å²) in [6.45, 7) is 0. The van der Waals surface area contributed by atoms with Gasteiger partial charge in [0.1, 0.15) is 5.82 Å². The van der Waals surface area contributed by atoms with Crippen molar-refractivity contribution in [2.45, 2.75) is 11.8 Å². The minimum absolute atomic E-state index is 0.449. The molecule has 1 heterocycles. The van der Waals surface area contributed by atoms with Crippen molar-refractivity contribution in [1.29, 1.82) is 0 Å². The van der Waals surface area contributed by atoms with Crippen molar-refractivity contribution in [3.05, 3.63) is 102 Å². The molecule has 0 atom stereocenters. The summed E-state index contributed by atoms with van der Waals surface area (Å²) in [4.78, 5) is 8.64. The van der Waals surface area contributed by atoms with Gasteiger partial charge in [-0.2, -0.15) is 0 Å². The minimum atomic E-state index is 0.449. The summed E-state index contributed by atoms with van der Waals surface area (Å²) in [5, 5.41) is 0. The number of nitrogens with one attached hydrogen (secondary N) is 1. The third-order valence-corrected chi connectivity index (χ3v) is 6.17. The Balaban J connectivity index is 1.82. The van der Waals surface area contributed by atoms with Crippen LogP contribution in [0, 0.1) is 0 Å². The van der Waals surface area contributed by atoms with Gasteiger partial charge in [0.15, 0.2) is 0 Å². The molecule has 0 fully saturated rings. The maximum absolute atomic E-state index is 6.26. The molecule has 0 unspecified atom stereocenters. The molecule has 1 aromatic heterocycles. The molecule has 0 spiro atoms. The highest BCUT2D eigenvalue weighted by molar-refractivity contribution is 6.18. The predicted octanol–water partition coefficient (Wildman–Crippen LogP) is 8.04. The summed E-state index contributed by atoms with van der Waals surface area (Å²) in [6.07, 6.45) is 0. The van der Waals surface area contributed by atoms with Crippen LogP contribution in [-0.2, 0) is 11.8 Å². The molecule has 0 saturated carbocycles. The van der Waals surface area contributed by atoms with Gasteiger partial charge in [0, 0.05) is 28.5 Å². The van der Waals surface area contributed by atoms with Crippen LogP contribution in [0.15, 0.2) is 91.0 Å². The number of alkyl halides is 2. The Bertz CT molecular complexity index is 1270. The third kappa shape index (κ3) is 3.63. The SMILES string of the molecule is ClCc1ccccc1-c1ccc(-c2ccccc2CCl)c2[nH]c(-c3ccccc3)nc12. The van der Waals surface area contributed by atoms with Crippen LogP contribution in [0.25, 0.3) is 44.7 Å². The van der Waals surface area contributed by atoms with Gasteiger partial charge >= 0.3 is 0 Å². The molecule has 5 rings (SSSR count). The first-order valence-electron chi connectivity index (χ1n) is 10.2. The molecule has 31 heavy (non-hydrogen) atoms. The zero-order valence-electron chi connectivity index (χ0n) is 16.8. The first-order valence-corrected chi connectivity index (χ1v) is 11.2. The van der Waals surface area contributed by atoms with Gasteiger partial charge in [-0.25, -0.2) is 4.98 Å². The zero-order chi connectivity index (χ0) is 21.2. The van der Waals surface area contributed by atoms with Crippen molar-refractivity contribution in [2.75, 3.05) is 0 Å². The number of aromatic amines is 1. The lowest BCUT2D eigenvalue weighted by atomic mass is 9.94. The molecule has 0 bridgehead atoms. The van der Waals surface area contributed by atoms with E-state index in [0.29, 0.717) is 11.8 Å². The van der Waals surface area contributed by atoms with Crippen LogP contribution >= 0.6 is 23.2 Å². The lowest BCUT2D eigenvalue weighted by Gasteiger charge is -2.12. The Morgan fingerprint density at radius 1 is 0.581 bits per heavy atom. The van der Waals surface area contributed by atoms with E-state index >= 15 is 0 Å². The molecular formula is C27H20Cl2N2. The van der Waals surface area contributed by atoms with Gasteiger partial charge in [-0.05, 0) is 22.3 Å². The van der Waals surface area contributed by atoms with Crippen LogP contribution < -0.4 is 0 Å². The maximum atomic E-state index is 6.26. The summed E-state index contributed by atoms with van der Waals surface area (Å²) in [7, 11) is 0. The first kappa shape index (κ1) is 19.9. The first-order chi connectivity index (χ1) is 15.3. The van der Waals surface area contributed by atoms with Crippen molar-refractivity contribution < 1.29 is 0 Å². The van der Waals surface area contributed by atoms with E-state index < -0.39 is 0 Å². The second-order valence-electron chi connectivity index (χ2n) is 7.42. The molecule has 5 aromatic rings. The molecule has 0 saturated heterocycles.